The van der Waals surface area contributed by atoms with E-state index in [1.54, 1.807) is 55.6 Å². The zero-order valence-corrected chi connectivity index (χ0v) is 16.7. The number of aromatic nitrogens is 2. The van der Waals surface area contributed by atoms with E-state index in [2.05, 4.69) is 15.4 Å². The van der Waals surface area contributed by atoms with Gasteiger partial charge in [-0.2, -0.15) is 9.78 Å². The van der Waals surface area contributed by atoms with Gasteiger partial charge in [-0.3, -0.25) is 9.59 Å². The summed E-state index contributed by atoms with van der Waals surface area (Å²) in [6.45, 7) is 3.71. The highest BCUT2D eigenvalue weighted by Gasteiger charge is 2.07. The largest absolute Gasteiger partial charge is 0.322 e. The van der Waals surface area contributed by atoms with Crippen LogP contribution < -0.4 is 10.9 Å². The van der Waals surface area contributed by atoms with Crippen LogP contribution in [-0.4, -0.2) is 21.8 Å². The number of carbonyl (C=O) groups is 1. The van der Waals surface area contributed by atoms with Crippen molar-refractivity contribution in [2.45, 2.75) is 13.8 Å². The number of benzene rings is 3. The third-order valence-corrected chi connectivity index (χ3v) is 4.70. The summed E-state index contributed by atoms with van der Waals surface area (Å²) in [5.41, 5.74) is 3.49. The van der Waals surface area contributed by atoms with Crippen LogP contribution in [0.5, 0.6) is 0 Å². The number of hydrogen-bond donors (Lipinski definition) is 1. The van der Waals surface area contributed by atoms with Gasteiger partial charge in [-0.05, 0) is 55.8 Å². The molecule has 0 fully saturated rings. The van der Waals surface area contributed by atoms with Gasteiger partial charge in [0.2, 0.25) is 0 Å². The second-order valence-corrected chi connectivity index (χ2v) is 6.98. The average molecular weight is 396 g/mol. The van der Waals surface area contributed by atoms with E-state index >= 15 is 0 Å². The highest BCUT2D eigenvalue weighted by atomic mass is 16.1. The first-order chi connectivity index (χ1) is 14.5. The van der Waals surface area contributed by atoms with Crippen LogP contribution in [0.2, 0.25) is 0 Å². The van der Waals surface area contributed by atoms with Crippen LogP contribution in [0.3, 0.4) is 0 Å². The molecule has 4 aromatic rings. The molecule has 0 unspecified atom stereocenters. The van der Waals surface area contributed by atoms with Gasteiger partial charge in [-0.1, -0.05) is 42.0 Å². The molecule has 0 spiro atoms. The smallest absolute Gasteiger partial charge is 0.282 e. The number of hydrogen-bond acceptors (Lipinski definition) is 4. The number of amides is 1. The summed E-state index contributed by atoms with van der Waals surface area (Å²) in [5, 5.41) is 7.71. The molecule has 0 atom stereocenters. The quantitative estimate of drug-likeness (QED) is 0.527. The van der Waals surface area contributed by atoms with Crippen molar-refractivity contribution in [1.82, 2.24) is 9.66 Å². The molecule has 0 aliphatic heterocycles. The number of nitrogens with zero attached hydrogens (tertiary/aromatic N) is 3. The predicted octanol–water partition coefficient (Wildman–Crippen LogP) is 4.15. The Labute approximate surface area is 173 Å². The first-order valence-electron chi connectivity index (χ1n) is 9.52. The minimum atomic E-state index is -0.224. The molecule has 4 rings (SSSR count). The number of nitrogens with one attached hydrogen (secondary N) is 1. The lowest BCUT2D eigenvalue weighted by Gasteiger charge is -2.07. The van der Waals surface area contributed by atoms with Crippen molar-refractivity contribution in [2.24, 2.45) is 5.10 Å². The van der Waals surface area contributed by atoms with Gasteiger partial charge >= 0.3 is 0 Å². The molecule has 30 heavy (non-hydrogen) atoms. The Balaban J connectivity index is 1.58. The van der Waals surface area contributed by atoms with Crippen molar-refractivity contribution in [2.75, 3.05) is 5.32 Å². The van der Waals surface area contributed by atoms with E-state index < -0.39 is 0 Å². The van der Waals surface area contributed by atoms with E-state index in [9.17, 15) is 9.59 Å². The summed E-state index contributed by atoms with van der Waals surface area (Å²) in [6.07, 6.45) is 1.58. The Kier molecular flexibility index (Phi) is 5.22. The van der Waals surface area contributed by atoms with Gasteiger partial charge in [-0.15, -0.1) is 0 Å². The lowest BCUT2D eigenvalue weighted by Crippen LogP contribution is -2.20. The van der Waals surface area contributed by atoms with E-state index in [1.165, 1.54) is 4.68 Å². The minimum absolute atomic E-state index is 0.185. The van der Waals surface area contributed by atoms with Crippen LogP contribution in [0.15, 0.2) is 82.7 Å². The zero-order chi connectivity index (χ0) is 21.1. The van der Waals surface area contributed by atoms with Crippen molar-refractivity contribution < 1.29 is 4.79 Å². The molecule has 1 aromatic heterocycles. The Morgan fingerprint density at radius 1 is 1.00 bits per heavy atom. The van der Waals surface area contributed by atoms with Gasteiger partial charge in [-0.25, -0.2) is 4.98 Å². The van der Waals surface area contributed by atoms with Crippen LogP contribution in [0.1, 0.15) is 27.3 Å². The van der Waals surface area contributed by atoms with Gasteiger partial charge in [0.1, 0.15) is 5.82 Å². The maximum absolute atomic E-state index is 12.7. The molecule has 0 aliphatic rings. The number of carbonyl (C=O) groups excluding carboxylic acids is 1. The summed E-state index contributed by atoms with van der Waals surface area (Å²) in [7, 11) is 0. The van der Waals surface area contributed by atoms with Crippen molar-refractivity contribution in [3.8, 4) is 0 Å². The molecule has 6 heteroatoms. The van der Waals surface area contributed by atoms with E-state index in [-0.39, 0.29) is 11.5 Å². The molecule has 0 aliphatic carbocycles. The predicted molar refractivity (Wildman–Crippen MR) is 119 cm³/mol. The molecule has 6 nitrogen and oxygen atoms in total. The average Bonchev–Trinajstić information content (AvgIpc) is 2.74. The second-order valence-electron chi connectivity index (χ2n) is 6.98. The van der Waals surface area contributed by atoms with Crippen molar-refractivity contribution in [1.29, 1.82) is 0 Å². The van der Waals surface area contributed by atoms with Gasteiger partial charge < -0.3 is 5.32 Å². The highest BCUT2D eigenvalue weighted by molar-refractivity contribution is 6.04. The maximum atomic E-state index is 12.7. The molecule has 1 heterocycles. The van der Waals surface area contributed by atoms with Crippen molar-refractivity contribution >= 4 is 28.7 Å². The van der Waals surface area contributed by atoms with Crippen LogP contribution in [0.25, 0.3) is 10.9 Å². The molecule has 0 saturated heterocycles. The summed E-state index contributed by atoms with van der Waals surface area (Å²) in [5.74, 6) is 0.314. The van der Waals surface area contributed by atoms with Crippen LogP contribution in [0.4, 0.5) is 5.69 Å². The second kappa shape index (κ2) is 8.13. The first kappa shape index (κ1) is 19.3. The van der Waals surface area contributed by atoms with Crippen LogP contribution >= 0.6 is 0 Å². The van der Waals surface area contributed by atoms with E-state index in [0.29, 0.717) is 28.0 Å². The number of para-hydroxylation sites is 1. The zero-order valence-electron chi connectivity index (χ0n) is 16.7. The molecule has 148 valence electrons. The number of anilines is 1. The van der Waals surface area contributed by atoms with E-state index in [1.807, 2.05) is 37.3 Å². The molecule has 0 radical (unpaired) electrons. The molecular weight excluding hydrogens is 376 g/mol. The topological polar surface area (TPSA) is 76.3 Å². The Bertz CT molecular complexity index is 1320. The fourth-order valence-corrected chi connectivity index (χ4v) is 3.10. The van der Waals surface area contributed by atoms with Crippen LogP contribution in [-0.2, 0) is 0 Å². The Morgan fingerprint density at radius 2 is 1.77 bits per heavy atom. The minimum Gasteiger partial charge on any atom is -0.322 e. The SMILES string of the molecule is Cc1ccc(C(=O)Nc2cccc(C=Nn3c(C)nc4ccccc4c3=O)c2)cc1. The number of rotatable bonds is 4. The lowest BCUT2D eigenvalue weighted by atomic mass is 10.1. The molecule has 1 N–H and O–H groups in total. The molecule has 3 aromatic carbocycles. The summed E-state index contributed by atoms with van der Waals surface area (Å²) in [6, 6.07) is 21.8. The van der Waals surface area contributed by atoms with Crippen LogP contribution in [0, 0.1) is 13.8 Å². The summed E-state index contributed by atoms with van der Waals surface area (Å²) in [4.78, 5) is 29.6. The fourth-order valence-electron chi connectivity index (χ4n) is 3.10. The van der Waals surface area contributed by atoms with Gasteiger partial charge in [0.25, 0.3) is 11.5 Å². The standard InChI is InChI=1S/C24H20N4O2/c1-16-10-12-19(13-11-16)23(29)27-20-7-5-6-18(14-20)15-25-28-17(2)26-22-9-4-3-8-21(22)24(28)30/h3-15H,1-2H3,(H,27,29). The van der Waals surface area contributed by atoms with E-state index in [4.69, 9.17) is 0 Å². The highest BCUT2D eigenvalue weighted by Crippen LogP contribution is 2.13. The normalized spacial score (nSPS) is 11.1. The molecule has 0 bridgehead atoms. The maximum Gasteiger partial charge on any atom is 0.282 e. The first-order valence-corrected chi connectivity index (χ1v) is 9.52. The number of fused-ring (bicyclic) bond motifs is 1. The summed E-state index contributed by atoms with van der Waals surface area (Å²) < 4.78 is 1.28. The Morgan fingerprint density at radius 3 is 2.57 bits per heavy atom. The van der Waals surface area contributed by atoms with E-state index in [0.717, 1.165) is 11.1 Å². The molecular formula is C24H20N4O2. The fraction of sp³-hybridized carbons (Fsp3) is 0.0833. The third-order valence-electron chi connectivity index (χ3n) is 4.70. The monoisotopic (exact) mass is 396 g/mol. The molecule has 0 saturated carbocycles. The van der Waals surface area contributed by atoms with Gasteiger partial charge in [0, 0.05) is 11.3 Å². The van der Waals surface area contributed by atoms with Crippen molar-refractivity contribution in [3.05, 3.63) is 106 Å². The molecule has 1 amide bonds. The third kappa shape index (κ3) is 4.03. The Hall–Kier alpha value is -4.06. The van der Waals surface area contributed by atoms with Gasteiger partial charge in [0.15, 0.2) is 0 Å². The summed E-state index contributed by atoms with van der Waals surface area (Å²) >= 11 is 0. The van der Waals surface area contributed by atoms with Gasteiger partial charge in [0.05, 0.1) is 17.1 Å². The van der Waals surface area contributed by atoms with Crippen molar-refractivity contribution in [3.63, 3.8) is 0 Å². The lowest BCUT2D eigenvalue weighted by molar-refractivity contribution is 0.102. The number of aryl methyl sites for hydroxylation is 2.